The zero-order chi connectivity index (χ0) is 22.7. The van der Waals surface area contributed by atoms with Crippen molar-refractivity contribution in [2.75, 3.05) is 37.1 Å². The highest BCUT2D eigenvalue weighted by Crippen LogP contribution is 2.38. The molecule has 32 heavy (non-hydrogen) atoms. The molecule has 0 bridgehead atoms. The normalized spacial score (nSPS) is 15.0. The largest absolute Gasteiger partial charge is 0.382 e. The van der Waals surface area contributed by atoms with Crippen LogP contribution in [-0.4, -0.2) is 58.1 Å². The third kappa shape index (κ3) is 4.45. The molecule has 3 N–H and O–H groups in total. The van der Waals surface area contributed by atoms with E-state index in [-0.39, 0.29) is 18.9 Å². The molecule has 0 spiro atoms. The van der Waals surface area contributed by atoms with Crippen LogP contribution < -0.4 is 14.3 Å². The number of benzene rings is 1. The lowest BCUT2D eigenvalue weighted by Gasteiger charge is -2.30. The van der Waals surface area contributed by atoms with Gasteiger partial charge < -0.3 is 14.8 Å². The van der Waals surface area contributed by atoms with Crippen molar-refractivity contribution in [2.45, 2.75) is 44.6 Å². The number of rotatable bonds is 9. The number of H-pyrrole nitrogens is 1. The monoisotopic (exact) mass is 463 g/mol. The van der Waals surface area contributed by atoms with Crippen molar-refractivity contribution in [1.82, 2.24) is 14.9 Å². The van der Waals surface area contributed by atoms with Crippen molar-refractivity contribution in [3.05, 3.63) is 40.7 Å². The predicted octanol–water partition coefficient (Wildman–Crippen LogP) is 1.92. The fourth-order valence-electron chi connectivity index (χ4n) is 4.75. The van der Waals surface area contributed by atoms with Crippen LogP contribution in [0.25, 0.3) is 0 Å². The third-order valence-electron chi connectivity index (χ3n) is 5.98. The molecule has 4 rings (SSSR count). The van der Waals surface area contributed by atoms with Crippen LogP contribution in [0, 0.1) is 0 Å². The van der Waals surface area contributed by atoms with Crippen LogP contribution in [-0.2, 0) is 45.4 Å². The summed E-state index contributed by atoms with van der Waals surface area (Å²) >= 11 is 0. The number of hydrogen-bond acceptors (Lipinski definition) is 6. The van der Waals surface area contributed by atoms with E-state index in [4.69, 9.17) is 9.47 Å². The number of fused-ring (bicyclic) bond motifs is 2. The smallest absolute Gasteiger partial charge is 0.334 e. The van der Waals surface area contributed by atoms with Gasteiger partial charge in [-0.3, -0.25) is 5.10 Å². The van der Waals surface area contributed by atoms with Crippen molar-refractivity contribution in [3.8, 4) is 0 Å². The summed E-state index contributed by atoms with van der Waals surface area (Å²) in [5, 5.41) is 9.31. The standard InChI is InChI=1S/C21H29N5O5S/c1-30-12-17(13-31-2)26(16-10-22-23-11-16)32(28,29)25-21(27)24-20-18-7-3-5-14(18)9-15-6-4-8-19(15)20/h9-11,17H,3-8,12-13H2,1-2H3,(H,22,23)(H2,24,25,27). The van der Waals surface area contributed by atoms with Gasteiger partial charge >= 0.3 is 16.2 Å². The van der Waals surface area contributed by atoms with Crippen LogP contribution in [0.2, 0.25) is 0 Å². The molecule has 0 unspecified atom stereocenters. The van der Waals surface area contributed by atoms with E-state index < -0.39 is 22.3 Å². The van der Waals surface area contributed by atoms with Crippen molar-refractivity contribution < 1.29 is 22.7 Å². The molecule has 2 aromatic rings. The van der Waals surface area contributed by atoms with Gasteiger partial charge in [-0.05, 0) is 60.8 Å². The quantitative estimate of drug-likeness (QED) is 0.522. The number of anilines is 2. The van der Waals surface area contributed by atoms with E-state index in [1.54, 1.807) is 0 Å². The highest BCUT2D eigenvalue weighted by atomic mass is 32.2. The molecule has 1 aromatic heterocycles. The molecule has 2 amide bonds. The first-order chi connectivity index (χ1) is 15.4. The average Bonchev–Trinajstić information content (AvgIpc) is 3.49. The summed E-state index contributed by atoms with van der Waals surface area (Å²) in [7, 11) is -1.34. The topological polar surface area (TPSA) is 126 Å². The van der Waals surface area contributed by atoms with Crippen molar-refractivity contribution in [2.24, 2.45) is 0 Å². The number of amides is 2. The second-order valence-corrected chi connectivity index (χ2v) is 9.66. The predicted molar refractivity (Wildman–Crippen MR) is 120 cm³/mol. The Labute approximate surface area is 187 Å². The Hall–Kier alpha value is -2.63. The second-order valence-electron chi connectivity index (χ2n) is 8.11. The van der Waals surface area contributed by atoms with Gasteiger partial charge in [0.2, 0.25) is 0 Å². The molecule has 1 aromatic carbocycles. The molecule has 0 saturated heterocycles. The maximum atomic E-state index is 13.3. The molecular weight excluding hydrogens is 434 g/mol. The number of nitrogens with one attached hydrogen (secondary N) is 3. The molecule has 2 aliphatic rings. The summed E-state index contributed by atoms with van der Waals surface area (Å²) in [4.78, 5) is 12.9. The maximum Gasteiger partial charge on any atom is 0.334 e. The minimum Gasteiger partial charge on any atom is -0.382 e. The molecule has 0 saturated carbocycles. The number of aromatic amines is 1. The Morgan fingerprint density at radius 3 is 2.28 bits per heavy atom. The lowest BCUT2D eigenvalue weighted by Crippen LogP contribution is -2.52. The van der Waals surface area contributed by atoms with Crippen LogP contribution in [0.5, 0.6) is 0 Å². The van der Waals surface area contributed by atoms with Gasteiger partial charge in [0, 0.05) is 26.1 Å². The molecule has 0 fully saturated rings. The summed E-state index contributed by atoms with van der Waals surface area (Å²) in [6.45, 7) is 0.141. The molecule has 1 heterocycles. The Morgan fingerprint density at radius 1 is 1.12 bits per heavy atom. The number of methoxy groups -OCH3 is 2. The van der Waals surface area contributed by atoms with Crippen molar-refractivity contribution >= 4 is 27.6 Å². The third-order valence-corrected chi connectivity index (χ3v) is 7.45. The van der Waals surface area contributed by atoms with Gasteiger partial charge in [-0.15, -0.1) is 0 Å². The number of carbonyl (C=O) groups is 1. The first kappa shape index (κ1) is 22.6. The highest BCUT2D eigenvalue weighted by Gasteiger charge is 2.33. The molecule has 0 atom stereocenters. The summed E-state index contributed by atoms with van der Waals surface area (Å²) in [5.74, 6) is 0. The minimum absolute atomic E-state index is 0.0707. The first-order valence-electron chi connectivity index (χ1n) is 10.7. The molecule has 174 valence electrons. The van der Waals surface area contributed by atoms with Crippen LogP contribution in [0.4, 0.5) is 16.2 Å². The van der Waals surface area contributed by atoms with E-state index in [9.17, 15) is 13.2 Å². The molecule has 11 heteroatoms. The molecule has 10 nitrogen and oxygen atoms in total. The number of hydrogen-bond donors (Lipinski definition) is 3. The minimum atomic E-state index is -4.29. The summed E-state index contributed by atoms with van der Waals surface area (Å²) in [6.07, 6.45) is 8.63. The fourth-order valence-corrected chi connectivity index (χ4v) is 6.03. The first-order valence-corrected chi connectivity index (χ1v) is 12.1. The van der Waals surface area contributed by atoms with Gasteiger partial charge in [0.15, 0.2) is 0 Å². The van der Waals surface area contributed by atoms with Gasteiger partial charge in [-0.25, -0.2) is 13.8 Å². The fraction of sp³-hybridized carbons (Fsp3) is 0.524. The number of carbonyl (C=O) groups excluding carboxylic acids is 1. The van der Waals surface area contributed by atoms with Gasteiger partial charge in [0.25, 0.3) is 0 Å². The van der Waals surface area contributed by atoms with Crippen LogP contribution in [0.3, 0.4) is 0 Å². The lowest BCUT2D eigenvalue weighted by atomic mass is 9.99. The SMILES string of the molecule is COCC(COC)N(c1cn[nH]c1)S(=O)(=O)NC(=O)Nc1c2c(cc3c1CCC3)CCC2. The summed E-state index contributed by atoms with van der Waals surface area (Å²) < 4.78 is 40.2. The Morgan fingerprint density at radius 2 is 1.75 bits per heavy atom. The van der Waals surface area contributed by atoms with Gasteiger partial charge in [-0.1, -0.05) is 6.07 Å². The summed E-state index contributed by atoms with van der Waals surface area (Å²) in [5.41, 5.74) is 5.81. The lowest BCUT2D eigenvalue weighted by molar-refractivity contribution is 0.120. The van der Waals surface area contributed by atoms with Crippen LogP contribution in [0.1, 0.15) is 35.1 Å². The van der Waals surface area contributed by atoms with E-state index in [0.717, 1.165) is 59.6 Å². The molecule has 2 aliphatic carbocycles. The average molecular weight is 464 g/mol. The van der Waals surface area contributed by atoms with Crippen molar-refractivity contribution in [1.29, 1.82) is 0 Å². The van der Waals surface area contributed by atoms with E-state index in [2.05, 4.69) is 26.3 Å². The van der Waals surface area contributed by atoms with E-state index >= 15 is 0 Å². The van der Waals surface area contributed by atoms with Gasteiger partial charge in [0.1, 0.15) is 0 Å². The number of urea groups is 1. The molecule has 0 aliphatic heterocycles. The zero-order valence-corrected chi connectivity index (χ0v) is 19.1. The second kappa shape index (κ2) is 9.47. The van der Waals surface area contributed by atoms with Gasteiger partial charge in [-0.2, -0.15) is 13.5 Å². The van der Waals surface area contributed by atoms with E-state index in [1.165, 1.54) is 37.7 Å². The van der Waals surface area contributed by atoms with Crippen LogP contribution in [0.15, 0.2) is 18.5 Å². The Kier molecular flexibility index (Phi) is 6.68. The van der Waals surface area contributed by atoms with E-state index in [0.29, 0.717) is 0 Å². The number of aromatic nitrogens is 2. The maximum absolute atomic E-state index is 13.3. The van der Waals surface area contributed by atoms with Crippen LogP contribution >= 0.6 is 0 Å². The number of aryl methyl sites for hydroxylation is 2. The Balaban J connectivity index is 1.59. The van der Waals surface area contributed by atoms with Crippen molar-refractivity contribution in [3.63, 3.8) is 0 Å². The number of nitrogens with zero attached hydrogens (tertiary/aromatic N) is 2. The molecule has 0 radical (unpaired) electrons. The van der Waals surface area contributed by atoms with Gasteiger partial charge in [0.05, 0.1) is 31.1 Å². The molecular formula is C21H29N5O5S. The summed E-state index contributed by atoms with van der Waals surface area (Å²) in [6, 6.07) is 0.769. The van der Waals surface area contributed by atoms with E-state index in [1.807, 2.05) is 0 Å². The number of ether oxygens (including phenoxy) is 2. The highest BCUT2D eigenvalue weighted by molar-refractivity contribution is 7.91. The zero-order valence-electron chi connectivity index (χ0n) is 18.3. The Bertz CT molecular complexity index is 1030.